The van der Waals surface area contributed by atoms with Gasteiger partial charge in [-0.15, -0.1) is 0 Å². The van der Waals surface area contributed by atoms with E-state index >= 15 is 0 Å². The fourth-order valence-electron chi connectivity index (χ4n) is 3.32. The maximum atomic E-state index is 4.91. The summed E-state index contributed by atoms with van der Waals surface area (Å²) in [6, 6.07) is 0. The molecule has 6 nitrogen and oxygen atoms in total. The van der Waals surface area contributed by atoms with Crippen molar-refractivity contribution < 1.29 is 0 Å². The lowest BCUT2D eigenvalue weighted by molar-refractivity contribution is 0.675. The van der Waals surface area contributed by atoms with E-state index in [1.165, 1.54) is 0 Å². The molecule has 0 unspecified atom stereocenters. The first kappa shape index (κ1) is 23.4. The Balaban J connectivity index is 3.38. The molecule has 0 fully saturated rings. The second-order valence-corrected chi connectivity index (χ2v) is 7.20. The molecule has 27 heavy (non-hydrogen) atoms. The SMILES string of the molecule is CCCN(CCC)c1nc(N(CCC)CCC)nc(N(CCC)CCC)n1. The molecule has 0 aliphatic carbocycles. The van der Waals surface area contributed by atoms with Crippen LogP contribution in [0, 0.1) is 0 Å². The minimum atomic E-state index is 0.841. The third-order valence-electron chi connectivity index (χ3n) is 4.41. The van der Waals surface area contributed by atoms with Gasteiger partial charge in [0.05, 0.1) is 0 Å². The zero-order chi connectivity index (χ0) is 20.1. The van der Waals surface area contributed by atoms with Crippen molar-refractivity contribution in [3.05, 3.63) is 0 Å². The predicted octanol–water partition coefficient (Wildman–Crippen LogP) is 4.75. The van der Waals surface area contributed by atoms with Crippen molar-refractivity contribution in [1.82, 2.24) is 15.0 Å². The van der Waals surface area contributed by atoms with Crippen LogP contribution in [0.3, 0.4) is 0 Å². The Morgan fingerprint density at radius 2 is 0.593 bits per heavy atom. The van der Waals surface area contributed by atoms with Gasteiger partial charge in [-0.05, 0) is 38.5 Å². The summed E-state index contributed by atoms with van der Waals surface area (Å²) < 4.78 is 0. The largest absolute Gasteiger partial charge is 0.341 e. The summed E-state index contributed by atoms with van der Waals surface area (Å²) in [4.78, 5) is 21.7. The van der Waals surface area contributed by atoms with E-state index in [1.54, 1.807) is 0 Å². The van der Waals surface area contributed by atoms with Crippen LogP contribution in [0.5, 0.6) is 0 Å². The standard InChI is InChI=1S/C21H42N6/c1-7-13-25(14-8-2)19-22-20(26(15-9-3)16-10-4)24-21(23-19)27(17-11-5)18-12-6/h7-18H2,1-6H3. The van der Waals surface area contributed by atoms with Gasteiger partial charge in [0.15, 0.2) is 0 Å². The van der Waals surface area contributed by atoms with Crippen LogP contribution < -0.4 is 14.7 Å². The molecule has 0 saturated carbocycles. The summed E-state index contributed by atoms with van der Waals surface area (Å²) >= 11 is 0. The Bertz CT molecular complexity index is 406. The van der Waals surface area contributed by atoms with E-state index in [4.69, 9.17) is 15.0 Å². The van der Waals surface area contributed by atoms with Crippen LogP contribution >= 0.6 is 0 Å². The normalized spacial score (nSPS) is 10.9. The van der Waals surface area contributed by atoms with Gasteiger partial charge in [0, 0.05) is 39.3 Å². The lowest BCUT2D eigenvalue weighted by atomic mass is 10.3. The molecule has 0 aliphatic heterocycles. The van der Waals surface area contributed by atoms with Crippen molar-refractivity contribution in [2.45, 2.75) is 80.1 Å². The number of nitrogens with zero attached hydrogens (tertiary/aromatic N) is 6. The molecular formula is C21H42N6. The highest BCUT2D eigenvalue weighted by atomic mass is 15.4. The van der Waals surface area contributed by atoms with Crippen LogP contribution in [0.2, 0.25) is 0 Å². The zero-order valence-electron chi connectivity index (χ0n) is 18.7. The number of anilines is 3. The lowest BCUT2D eigenvalue weighted by Gasteiger charge is -2.28. The van der Waals surface area contributed by atoms with E-state index in [2.05, 4.69) is 56.2 Å². The Morgan fingerprint density at radius 1 is 0.407 bits per heavy atom. The summed E-state index contributed by atoms with van der Waals surface area (Å²) in [5.41, 5.74) is 0. The van der Waals surface area contributed by atoms with Crippen LogP contribution in [-0.2, 0) is 0 Å². The van der Waals surface area contributed by atoms with Gasteiger partial charge < -0.3 is 14.7 Å². The Labute approximate surface area is 167 Å². The van der Waals surface area contributed by atoms with Crippen molar-refractivity contribution in [3.8, 4) is 0 Å². The lowest BCUT2D eigenvalue weighted by Crippen LogP contribution is -2.33. The Hall–Kier alpha value is -1.59. The van der Waals surface area contributed by atoms with Crippen LogP contribution in [0.4, 0.5) is 17.8 Å². The van der Waals surface area contributed by atoms with Gasteiger partial charge in [-0.25, -0.2) is 0 Å². The third-order valence-corrected chi connectivity index (χ3v) is 4.41. The van der Waals surface area contributed by atoms with Gasteiger partial charge in [0.1, 0.15) is 0 Å². The molecule has 156 valence electrons. The van der Waals surface area contributed by atoms with Crippen LogP contribution in [0.25, 0.3) is 0 Å². The number of rotatable bonds is 15. The maximum Gasteiger partial charge on any atom is 0.231 e. The molecule has 1 heterocycles. The van der Waals surface area contributed by atoms with Crippen LogP contribution in [-0.4, -0.2) is 54.2 Å². The maximum absolute atomic E-state index is 4.91. The molecule has 0 atom stereocenters. The van der Waals surface area contributed by atoms with E-state index in [9.17, 15) is 0 Å². The third kappa shape index (κ3) is 7.51. The molecule has 1 aromatic rings. The molecule has 0 bridgehead atoms. The smallest absolute Gasteiger partial charge is 0.231 e. The van der Waals surface area contributed by atoms with Gasteiger partial charge >= 0.3 is 0 Å². The zero-order valence-corrected chi connectivity index (χ0v) is 18.7. The van der Waals surface area contributed by atoms with Gasteiger partial charge in [0.25, 0.3) is 0 Å². The number of aromatic nitrogens is 3. The quantitative estimate of drug-likeness (QED) is 0.439. The van der Waals surface area contributed by atoms with Gasteiger partial charge in [-0.3, -0.25) is 0 Å². The van der Waals surface area contributed by atoms with Crippen molar-refractivity contribution in [2.24, 2.45) is 0 Å². The second kappa shape index (κ2) is 13.6. The molecule has 6 heteroatoms. The monoisotopic (exact) mass is 378 g/mol. The fourth-order valence-corrected chi connectivity index (χ4v) is 3.32. The number of hydrogen-bond donors (Lipinski definition) is 0. The van der Waals surface area contributed by atoms with Gasteiger partial charge in [0.2, 0.25) is 17.8 Å². The molecule has 0 aromatic carbocycles. The van der Waals surface area contributed by atoms with Crippen molar-refractivity contribution in [3.63, 3.8) is 0 Å². The highest BCUT2D eigenvalue weighted by Gasteiger charge is 2.19. The molecular weight excluding hydrogens is 336 g/mol. The average molecular weight is 379 g/mol. The van der Waals surface area contributed by atoms with E-state index in [1.807, 2.05) is 0 Å². The molecule has 0 spiro atoms. The van der Waals surface area contributed by atoms with E-state index in [0.29, 0.717) is 0 Å². The summed E-state index contributed by atoms with van der Waals surface area (Å²) in [7, 11) is 0. The summed E-state index contributed by atoms with van der Waals surface area (Å²) in [5.74, 6) is 2.52. The van der Waals surface area contributed by atoms with Crippen LogP contribution in [0.15, 0.2) is 0 Å². The van der Waals surface area contributed by atoms with Gasteiger partial charge in [-0.1, -0.05) is 41.5 Å². The Morgan fingerprint density at radius 3 is 0.741 bits per heavy atom. The molecule has 1 rings (SSSR count). The van der Waals surface area contributed by atoms with E-state index in [-0.39, 0.29) is 0 Å². The molecule has 0 radical (unpaired) electrons. The van der Waals surface area contributed by atoms with Crippen molar-refractivity contribution in [1.29, 1.82) is 0 Å². The molecule has 1 aromatic heterocycles. The van der Waals surface area contributed by atoms with Crippen molar-refractivity contribution >= 4 is 17.8 Å². The summed E-state index contributed by atoms with van der Waals surface area (Å²) in [6.45, 7) is 19.2. The minimum Gasteiger partial charge on any atom is -0.341 e. The molecule has 0 aliphatic rings. The first-order chi connectivity index (χ1) is 13.1. The highest BCUT2D eigenvalue weighted by Crippen LogP contribution is 2.21. The van der Waals surface area contributed by atoms with Crippen LogP contribution in [0.1, 0.15) is 80.1 Å². The molecule has 0 saturated heterocycles. The second-order valence-electron chi connectivity index (χ2n) is 7.20. The summed E-state index contributed by atoms with van der Waals surface area (Å²) in [6.07, 6.45) is 6.57. The topological polar surface area (TPSA) is 48.4 Å². The predicted molar refractivity (Wildman–Crippen MR) is 118 cm³/mol. The first-order valence-corrected chi connectivity index (χ1v) is 11.2. The fraction of sp³-hybridized carbons (Fsp3) is 0.857. The van der Waals surface area contributed by atoms with Gasteiger partial charge in [-0.2, -0.15) is 15.0 Å². The first-order valence-electron chi connectivity index (χ1n) is 11.2. The molecule has 0 N–H and O–H groups in total. The Kier molecular flexibility index (Phi) is 11.8. The minimum absolute atomic E-state index is 0.841. The average Bonchev–Trinajstić information content (AvgIpc) is 2.67. The van der Waals surface area contributed by atoms with E-state index < -0.39 is 0 Å². The highest BCUT2D eigenvalue weighted by molar-refractivity contribution is 5.46. The van der Waals surface area contributed by atoms with E-state index in [0.717, 1.165) is 95.6 Å². The van der Waals surface area contributed by atoms with Crippen molar-refractivity contribution in [2.75, 3.05) is 54.0 Å². The number of hydrogen-bond acceptors (Lipinski definition) is 6. The molecule has 0 amide bonds. The summed E-state index contributed by atoms with van der Waals surface area (Å²) in [5, 5.41) is 0.